The second-order valence-electron chi connectivity index (χ2n) is 7.28. The predicted octanol–water partition coefficient (Wildman–Crippen LogP) is 3.73. The quantitative estimate of drug-likeness (QED) is 0.710. The van der Waals surface area contributed by atoms with Gasteiger partial charge in [-0.3, -0.25) is 9.59 Å². The summed E-state index contributed by atoms with van der Waals surface area (Å²) in [7, 11) is 0. The maximum atomic E-state index is 13.6. The van der Waals surface area contributed by atoms with Crippen molar-refractivity contribution in [3.63, 3.8) is 0 Å². The summed E-state index contributed by atoms with van der Waals surface area (Å²) in [6, 6.07) is 11.1. The molecule has 3 aromatic rings. The van der Waals surface area contributed by atoms with Crippen LogP contribution < -0.4 is 5.32 Å². The van der Waals surface area contributed by atoms with E-state index in [0.717, 1.165) is 0 Å². The van der Waals surface area contributed by atoms with Gasteiger partial charge in [-0.25, -0.2) is 4.39 Å². The van der Waals surface area contributed by atoms with Gasteiger partial charge < -0.3 is 19.9 Å². The fourth-order valence-electron chi connectivity index (χ4n) is 3.67. The molecule has 7 heteroatoms. The second kappa shape index (κ2) is 7.67. The third-order valence-corrected chi connectivity index (χ3v) is 5.09. The zero-order valence-electron chi connectivity index (χ0n) is 16.3. The number of fused-ring (bicyclic) bond motifs is 1. The van der Waals surface area contributed by atoms with Crippen molar-refractivity contribution in [1.29, 1.82) is 0 Å². The first-order valence-corrected chi connectivity index (χ1v) is 9.52. The smallest absolute Gasteiger partial charge is 0.258 e. The third-order valence-electron chi connectivity index (χ3n) is 5.09. The highest BCUT2D eigenvalue weighted by Crippen LogP contribution is 2.24. The Kier molecular flexibility index (Phi) is 5.07. The SMILES string of the molecule is Cc1[nH]c2ccc(F)cc2c1C(=O)Nc1ccc(C(=O)N2CCOC(C)C2)cc1. The van der Waals surface area contributed by atoms with E-state index in [-0.39, 0.29) is 17.9 Å². The van der Waals surface area contributed by atoms with Gasteiger partial charge >= 0.3 is 0 Å². The number of nitrogens with one attached hydrogen (secondary N) is 2. The van der Waals surface area contributed by atoms with Crippen molar-refractivity contribution in [3.05, 3.63) is 65.1 Å². The van der Waals surface area contributed by atoms with Crippen LogP contribution in [-0.2, 0) is 4.74 Å². The van der Waals surface area contributed by atoms with Crippen molar-refractivity contribution in [2.45, 2.75) is 20.0 Å². The number of benzene rings is 2. The number of H-pyrrole nitrogens is 1. The molecule has 2 aromatic carbocycles. The Bertz CT molecular complexity index is 1070. The maximum absolute atomic E-state index is 13.6. The Morgan fingerprint density at radius 2 is 1.97 bits per heavy atom. The average Bonchev–Trinajstić information content (AvgIpc) is 3.03. The summed E-state index contributed by atoms with van der Waals surface area (Å²) < 4.78 is 19.1. The zero-order valence-corrected chi connectivity index (χ0v) is 16.3. The molecule has 1 aliphatic heterocycles. The van der Waals surface area contributed by atoms with Gasteiger partial charge in [-0.15, -0.1) is 0 Å². The highest BCUT2D eigenvalue weighted by atomic mass is 19.1. The lowest BCUT2D eigenvalue weighted by Crippen LogP contribution is -2.44. The fourth-order valence-corrected chi connectivity index (χ4v) is 3.67. The topological polar surface area (TPSA) is 74.4 Å². The fraction of sp³-hybridized carbons (Fsp3) is 0.273. The Hall–Kier alpha value is -3.19. The number of aryl methyl sites for hydroxylation is 1. The van der Waals surface area contributed by atoms with Crippen LogP contribution in [0.25, 0.3) is 10.9 Å². The number of halogens is 1. The maximum Gasteiger partial charge on any atom is 0.258 e. The van der Waals surface area contributed by atoms with Gasteiger partial charge in [0.25, 0.3) is 11.8 Å². The van der Waals surface area contributed by atoms with Crippen LogP contribution >= 0.6 is 0 Å². The molecule has 1 atom stereocenters. The number of anilines is 1. The van der Waals surface area contributed by atoms with E-state index in [4.69, 9.17) is 4.74 Å². The highest BCUT2D eigenvalue weighted by molar-refractivity contribution is 6.14. The number of amides is 2. The Morgan fingerprint density at radius 1 is 1.21 bits per heavy atom. The van der Waals surface area contributed by atoms with E-state index in [1.807, 2.05) is 6.92 Å². The summed E-state index contributed by atoms with van der Waals surface area (Å²) in [5.41, 5.74) is 2.89. The summed E-state index contributed by atoms with van der Waals surface area (Å²) in [4.78, 5) is 30.3. The number of aromatic nitrogens is 1. The highest BCUT2D eigenvalue weighted by Gasteiger charge is 2.22. The predicted molar refractivity (Wildman–Crippen MR) is 109 cm³/mol. The van der Waals surface area contributed by atoms with Crippen molar-refractivity contribution in [3.8, 4) is 0 Å². The van der Waals surface area contributed by atoms with Crippen LogP contribution in [0, 0.1) is 12.7 Å². The molecule has 0 bridgehead atoms. The molecule has 6 nitrogen and oxygen atoms in total. The number of rotatable bonds is 3. The number of aromatic amines is 1. The molecule has 1 saturated heterocycles. The van der Waals surface area contributed by atoms with Crippen LogP contribution in [0.1, 0.15) is 33.3 Å². The minimum Gasteiger partial charge on any atom is -0.375 e. The zero-order chi connectivity index (χ0) is 20.5. The molecule has 4 rings (SSSR count). The van der Waals surface area contributed by atoms with Crippen LogP contribution in [0.5, 0.6) is 0 Å². The first-order chi connectivity index (χ1) is 13.9. The minimum absolute atomic E-state index is 0.0236. The summed E-state index contributed by atoms with van der Waals surface area (Å²) >= 11 is 0. The molecule has 2 heterocycles. The molecule has 2 N–H and O–H groups in total. The molecule has 2 amide bonds. The molecular formula is C22H22FN3O3. The van der Waals surface area contributed by atoms with Gasteiger partial charge in [-0.2, -0.15) is 0 Å². The van der Waals surface area contributed by atoms with Gasteiger partial charge in [0.1, 0.15) is 5.82 Å². The van der Waals surface area contributed by atoms with Crippen LogP contribution in [-0.4, -0.2) is 47.5 Å². The molecule has 0 spiro atoms. The third kappa shape index (κ3) is 3.86. The molecule has 0 saturated carbocycles. The van der Waals surface area contributed by atoms with Crippen LogP contribution in [0.3, 0.4) is 0 Å². The number of ether oxygens (including phenoxy) is 1. The summed E-state index contributed by atoms with van der Waals surface area (Å²) in [5, 5.41) is 3.36. The Balaban J connectivity index is 1.50. The molecule has 1 aliphatic rings. The van der Waals surface area contributed by atoms with Crippen LogP contribution in [0.4, 0.5) is 10.1 Å². The van der Waals surface area contributed by atoms with Crippen molar-refractivity contribution in [2.24, 2.45) is 0 Å². The number of carbonyl (C=O) groups excluding carboxylic acids is 2. The molecule has 150 valence electrons. The number of carbonyl (C=O) groups is 2. The van der Waals surface area contributed by atoms with Gasteiger partial charge in [0.15, 0.2) is 0 Å². The number of morpholine rings is 1. The van der Waals surface area contributed by atoms with Crippen molar-refractivity contribution >= 4 is 28.4 Å². The van der Waals surface area contributed by atoms with Gasteiger partial charge in [0, 0.05) is 40.9 Å². The summed E-state index contributed by atoms with van der Waals surface area (Å²) in [6.45, 7) is 5.38. The second-order valence-corrected chi connectivity index (χ2v) is 7.28. The Labute approximate surface area is 167 Å². The first-order valence-electron chi connectivity index (χ1n) is 9.52. The van der Waals surface area contributed by atoms with Crippen LogP contribution in [0.15, 0.2) is 42.5 Å². The number of hydrogen-bond acceptors (Lipinski definition) is 3. The summed E-state index contributed by atoms with van der Waals surface area (Å²) in [5.74, 6) is -0.785. The van der Waals surface area contributed by atoms with E-state index in [0.29, 0.717) is 53.1 Å². The van der Waals surface area contributed by atoms with Crippen molar-refractivity contribution in [2.75, 3.05) is 25.0 Å². The van der Waals surface area contributed by atoms with Gasteiger partial charge in [0.2, 0.25) is 0 Å². The van der Waals surface area contributed by atoms with E-state index in [2.05, 4.69) is 10.3 Å². The summed E-state index contributed by atoms with van der Waals surface area (Å²) in [6.07, 6.45) is 0.0236. The van der Waals surface area contributed by atoms with E-state index >= 15 is 0 Å². The minimum atomic E-state index is -0.397. The lowest BCUT2D eigenvalue weighted by Gasteiger charge is -2.31. The van der Waals surface area contributed by atoms with Crippen LogP contribution in [0.2, 0.25) is 0 Å². The molecule has 1 unspecified atom stereocenters. The lowest BCUT2D eigenvalue weighted by atomic mass is 10.1. The molecule has 1 fully saturated rings. The standard InChI is InChI=1S/C22H22FN3O3/c1-13-12-26(9-10-29-13)22(28)15-3-6-17(7-4-15)25-21(27)20-14(2)24-19-8-5-16(23)11-18(19)20/h3-8,11,13,24H,9-10,12H2,1-2H3,(H,25,27). The molecule has 0 radical (unpaired) electrons. The lowest BCUT2D eigenvalue weighted by molar-refractivity contribution is -0.0124. The largest absolute Gasteiger partial charge is 0.375 e. The monoisotopic (exact) mass is 395 g/mol. The van der Waals surface area contributed by atoms with E-state index in [9.17, 15) is 14.0 Å². The molecule has 1 aromatic heterocycles. The van der Waals surface area contributed by atoms with E-state index in [1.165, 1.54) is 12.1 Å². The number of nitrogens with zero attached hydrogens (tertiary/aromatic N) is 1. The molecule has 0 aliphatic carbocycles. The van der Waals surface area contributed by atoms with Gasteiger partial charge in [-0.1, -0.05) is 0 Å². The number of hydrogen-bond donors (Lipinski definition) is 2. The van der Waals surface area contributed by atoms with Gasteiger partial charge in [-0.05, 0) is 56.3 Å². The average molecular weight is 395 g/mol. The molecule has 29 heavy (non-hydrogen) atoms. The molecular weight excluding hydrogens is 373 g/mol. The normalized spacial score (nSPS) is 16.8. The van der Waals surface area contributed by atoms with Crippen molar-refractivity contribution in [1.82, 2.24) is 9.88 Å². The van der Waals surface area contributed by atoms with Crippen molar-refractivity contribution < 1.29 is 18.7 Å². The Morgan fingerprint density at radius 3 is 2.69 bits per heavy atom. The van der Waals surface area contributed by atoms with Gasteiger partial charge in [0.05, 0.1) is 18.3 Å². The van der Waals surface area contributed by atoms with E-state index < -0.39 is 5.82 Å². The first kappa shape index (κ1) is 19.1. The van der Waals surface area contributed by atoms with E-state index in [1.54, 1.807) is 42.2 Å².